The molecule has 1 amide bonds. The van der Waals surface area contributed by atoms with Crippen molar-refractivity contribution in [2.75, 3.05) is 6.61 Å². The molecule has 1 heterocycles. The topological polar surface area (TPSA) is 64.1 Å². The predicted molar refractivity (Wildman–Crippen MR) is 87.8 cm³/mol. The molecule has 126 valence electrons. The Labute approximate surface area is 138 Å². The van der Waals surface area contributed by atoms with Gasteiger partial charge in [-0.05, 0) is 38.7 Å². The van der Waals surface area contributed by atoms with E-state index in [4.69, 9.17) is 4.74 Å². The molecule has 2 fully saturated rings. The van der Waals surface area contributed by atoms with Crippen molar-refractivity contribution in [3.05, 3.63) is 24.3 Å². The van der Waals surface area contributed by atoms with Crippen molar-refractivity contribution in [2.45, 2.75) is 70.4 Å². The third kappa shape index (κ3) is 3.55. The number of hydrogen-bond donors (Lipinski definition) is 1. The quantitative estimate of drug-likeness (QED) is 0.876. The Hall–Kier alpha value is -1.49. The molecule has 0 aromatic carbocycles. The number of hydrogen-bond acceptors (Lipinski definition) is 4. The van der Waals surface area contributed by atoms with E-state index in [2.05, 4.69) is 22.2 Å². The molecular weight excluding hydrogens is 290 g/mol. The summed E-state index contributed by atoms with van der Waals surface area (Å²) in [7, 11) is 0. The number of ether oxygens (including phenoxy) is 1. The van der Waals surface area contributed by atoms with Gasteiger partial charge in [-0.15, -0.1) is 0 Å². The summed E-state index contributed by atoms with van der Waals surface area (Å²) in [6.45, 7) is 2.82. The van der Waals surface area contributed by atoms with Crippen LogP contribution in [-0.4, -0.2) is 34.6 Å². The van der Waals surface area contributed by atoms with Crippen molar-refractivity contribution in [3.63, 3.8) is 0 Å². The van der Waals surface area contributed by atoms with Crippen molar-refractivity contribution in [2.24, 2.45) is 5.41 Å². The van der Waals surface area contributed by atoms with Crippen molar-refractivity contribution in [1.29, 1.82) is 0 Å². The smallest absolute Gasteiger partial charge is 0.220 e. The van der Waals surface area contributed by atoms with Crippen LogP contribution in [0.4, 0.5) is 0 Å². The van der Waals surface area contributed by atoms with Gasteiger partial charge in [0.1, 0.15) is 6.33 Å². The van der Waals surface area contributed by atoms with Crippen LogP contribution in [-0.2, 0) is 16.0 Å². The molecule has 5 nitrogen and oxygen atoms in total. The Morgan fingerprint density at radius 1 is 1.39 bits per heavy atom. The minimum Gasteiger partial charge on any atom is -0.378 e. The Balaban J connectivity index is 1.53. The Kier molecular flexibility index (Phi) is 5.26. The maximum atomic E-state index is 12.3. The highest BCUT2D eigenvalue weighted by Gasteiger charge is 2.55. The van der Waals surface area contributed by atoms with E-state index in [0.717, 1.165) is 18.7 Å². The number of nitrogens with zero attached hydrogens (tertiary/aromatic N) is 2. The van der Waals surface area contributed by atoms with E-state index < -0.39 is 0 Å². The van der Waals surface area contributed by atoms with Gasteiger partial charge >= 0.3 is 0 Å². The van der Waals surface area contributed by atoms with Crippen LogP contribution in [0.1, 0.15) is 57.6 Å². The molecule has 2 saturated carbocycles. The van der Waals surface area contributed by atoms with E-state index in [1.54, 1.807) is 6.20 Å². The standard InChI is InChI=1S/C18H27N3O2/c1-2-23-16-12-15(18(16)9-4-3-5-10-18)21-17(22)7-6-14-8-11-19-13-20-14/h8,11,13,15-16H,2-7,9-10,12H2,1H3,(H,21,22)/t15-,16-/m1/s1. The van der Waals surface area contributed by atoms with Gasteiger partial charge in [0.15, 0.2) is 0 Å². The molecule has 0 aliphatic heterocycles. The summed E-state index contributed by atoms with van der Waals surface area (Å²) in [4.78, 5) is 20.4. The monoisotopic (exact) mass is 317 g/mol. The lowest BCUT2D eigenvalue weighted by Crippen LogP contribution is -2.65. The van der Waals surface area contributed by atoms with Crippen molar-refractivity contribution in [3.8, 4) is 0 Å². The lowest BCUT2D eigenvalue weighted by molar-refractivity contribution is -0.157. The molecule has 0 radical (unpaired) electrons. The van der Waals surface area contributed by atoms with E-state index >= 15 is 0 Å². The SMILES string of the molecule is CCO[C@@H]1C[C@@H](NC(=O)CCc2ccncn2)C12CCCCC2. The van der Waals surface area contributed by atoms with E-state index in [9.17, 15) is 4.79 Å². The molecule has 0 unspecified atom stereocenters. The Morgan fingerprint density at radius 3 is 2.91 bits per heavy atom. The summed E-state index contributed by atoms with van der Waals surface area (Å²) >= 11 is 0. The fourth-order valence-electron chi connectivity index (χ4n) is 4.24. The number of nitrogens with one attached hydrogen (secondary N) is 1. The summed E-state index contributed by atoms with van der Waals surface area (Å²) in [6.07, 6.45) is 11.9. The lowest BCUT2D eigenvalue weighted by atomic mass is 9.55. The lowest BCUT2D eigenvalue weighted by Gasteiger charge is -2.57. The van der Waals surface area contributed by atoms with Crippen LogP contribution < -0.4 is 5.32 Å². The average Bonchev–Trinajstić information content (AvgIpc) is 2.61. The first-order chi connectivity index (χ1) is 11.2. The van der Waals surface area contributed by atoms with Gasteiger partial charge in [-0.1, -0.05) is 19.3 Å². The number of amides is 1. The van der Waals surface area contributed by atoms with Crippen molar-refractivity contribution >= 4 is 5.91 Å². The first kappa shape index (κ1) is 16.4. The Morgan fingerprint density at radius 2 is 2.22 bits per heavy atom. The van der Waals surface area contributed by atoms with Crippen LogP contribution in [0.5, 0.6) is 0 Å². The zero-order valence-corrected chi connectivity index (χ0v) is 14.0. The van der Waals surface area contributed by atoms with Crippen LogP contribution in [0.2, 0.25) is 0 Å². The Bertz CT molecular complexity index is 514. The molecule has 1 spiro atoms. The summed E-state index contributed by atoms with van der Waals surface area (Å²) in [5.41, 5.74) is 1.11. The molecule has 1 aromatic heterocycles. The van der Waals surface area contributed by atoms with Gasteiger partial charge in [0.25, 0.3) is 0 Å². The zero-order valence-electron chi connectivity index (χ0n) is 14.0. The van der Waals surface area contributed by atoms with Gasteiger partial charge < -0.3 is 10.1 Å². The maximum Gasteiger partial charge on any atom is 0.220 e. The number of carbonyl (C=O) groups is 1. The highest BCUT2D eigenvalue weighted by atomic mass is 16.5. The minimum absolute atomic E-state index is 0.133. The molecule has 1 N–H and O–H groups in total. The number of rotatable bonds is 6. The van der Waals surface area contributed by atoms with Crippen LogP contribution in [0, 0.1) is 5.41 Å². The maximum absolute atomic E-state index is 12.3. The second-order valence-corrected chi connectivity index (χ2v) is 6.79. The summed E-state index contributed by atoms with van der Waals surface area (Å²) in [6, 6.07) is 2.15. The number of carbonyl (C=O) groups excluding carboxylic acids is 1. The average molecular weight is 317 g/mol. The third-order valence-electron chi connectivity index (χ3n) is 5.52. The molecule has 0 saturated heterocycles. The fraction of sp³-hybridized carbons (Fsp3) is 0.722. The van der Waals surface area contributed by atoms with Gasteiger partial charge in [-0.25, -0.2) is 9.97 Å². The first-order valence-electron chi connectivity index (χ1n) is 8.90. The van der Waals surface area contributed by atoms with Crippen LogP contribution in [0.15, 0.2) is 18.6 Å². The fourth-order valence-corrected chi connectivity index (χ4v) is 4.24. The normalized spacial score (nSPS) is 25.8. The highest BCUT2D eigenvalue weighted by molar-refractivity contribution is 5.76. The molecule has 2 atom stereocenters. The summed E-state index contributed by atoms with van der Waals surface area (Å²) in [5.74, 6) is 0.133. The largest absolute Gasteiger partial charge is 0.378 e. The molecule has 2 aliphatic carbocycles. The molecule has 3 rings (SSSR count). The van der Waals surface area contributed by atoms with E-state index in [0.29, 0.717) is 18.9 Å². The van der Waals surface area contributed by atoms with Crippen LogP contribution >= 0.6 is 0 Å². The zero-order chi connectivity index (χ0) is 16.1. The molecule has 5 heteroatoms. The first-order valence-corrected chi connectivity index (χ1v) is 8.90. The van der Waals surface area contributed by atoms with Crippen LogP contribution in [0.3, 0.4) is 0 Å². The van der Waals surface area contributed by atoms with Gasteiger partial charge in [0.2, 0.25) is 5.91 Å². The second kappa shape index (κ2) is 7.39. The number of aryl methyl sites for hydroxylation is 1. The molecule has 1 aromatic rings. The molecule has 23 heavy (non-hydrogen) atoms. The summed E-state index contributed by atoms with van der Waals surface area (Å²) in [5, 5.41) is 3.27. The van der Waals surface area contributed by atoms with Crippen LogP contribution in [0.25, 0.3) is 0 Å². The van der Waals surface area contributed by atoms with E-state index in [1.807, 2.05) is 6.07 Å². The van der Waals surface area contributed by atoms with E-state index in [-0.39, 0.29) is 17.4 Å². The van der Waals surface area contributed by atoms with Crippen molar-refractivity contribution < 1.29 is 9.53 Å². The van der Waals surface area contributed by atoms with Gasteiger partial charge in [0, 0.05) is 36.4 Å². The molecular formula is C18H27N3O2. The van der Waals surface area contributed by atoms with Gasteiger partial charge in [-0.3, -0.25) is 4.79 Å². The van der Waals surface area contributed by atoms with Gasteiger partial charge in [0.05, 0.1) is 6.10 Å². The van der Waals surface area contributed by atoms with Gasteiger partial charge in [-0.2, -0.15) is 0 Å². The number of aromatic nitrogens is 2. The summed E-state index contributed by atoms with van der Waals surface area (Å²) < 4.78 is 5.94. The predicted octanol–water partition coefficient (Wildman–Crippen LogP) is 2.65. The molecule has 2 aliphatic rings. The second-order valence-electron chi connectivity index (χ2n) is 6.79. The van der Waals surface area contributed by atoms with Crippen molar-refractivity contribution in [1.82, 2.24) is 15.3 Å². The third-order valence-corrected chi connectivity index (χ3v) is 5.52. The minimum atomic E-state index is 0.133. The van der Waals surface area contributed by atoms with E-state index in [1.165, 1.54) is 38.4 Å². The molecule has 0 bridgehead atoms. The highest BCUT2D eigenvalue weighted by Crippen LogP contribution is 2.53.